The van der Waals surface area contributed by atoms with Crippen molar-refractivity contribution in [2.45, 2.75) is 45.4 Å². The average Bonchev–Trinajstić information content (AvgIpc) is 2.78. The molecule has 2 rings (SSSR count). The summed E-state index contributed by atoms with van der Waals surface area (Å²) in [6, 6.07) is -0.209. The average molecular weight is 238 g/mol. The van der Waals surface area contributed by atoms with Gasteiger partial charge in [0.05, 0.1) is 5.92 Å². The summed E-state index contributed by atoms with van der Waals surface area (Å²) in [5.41, 5.74) is 0. The monoisotopic (exact) mass is 238 g/mol. The van der Waals surface area contributed by atoms with Gasteiger partial charge >= 0.3 is 6.03 Å². The Morgan fingerprint density at radius 1 is 1.29 bits per heavy atom. The second-order valence-electron chi connectivity index (χ2n) is 5.43. The lowest BCUT2D eigenvalue weighted by Crippen LogP contribution is -2.53. The molecule has 0 aromatic heterocycles. The summed E-state index contributed by atoms with van der Waals surface area (Å²) in [6.07, 6.45) is 7.77. The largest absolute Gasteiger partial charge is 0.324 e. The number of hydrogen-bond acceptors (Lipinski definition) is 2. The number of amides is 3. The third kappa shape index (κ3) is 3.20. The summed E-state index contributed by atoms with van der Waals surface area (Å²) in [7, 11) is 0. The van der Waals surface area contributed by atoms with Gasteiger partial charge in [-0.3, -0.25) is 10.1 Å². The van der Waals surface area contributed by atoms with E-state index in [-0.39, 0.29) is 17.9 Å². The lowest BCUT2D eigenvalue weighted by molar-refractivity contribution is -0.125. The van der Waals surface area contributed by atoms with Gasteiger partial charge in [0.2, 0.25) is 5.91 Å². The molecular formula is C13H22N2O2. The number of urea groups is 1. The van der Waals surface area contributed by atoms with Crippen LogP contribution in [0.4, 0.5) is 4.79 Å². The molecule has 0 aromatic carbocycles. The standard InChI is InChI=1S/C13H22N2O2/c1-10-9-15(13(17)14-12(10)16)8-4-7-11-5-2-3-6-11/h10-11H,2-9H2,1H3,(H,14,16,17). The third-order valence-corrected chi connectivity index (χ3v) is 3.97. The van der Waals surface area contributed by atoms with Crippen LogP contribution in [0.3, 0.4) is 0 Å². The van der Waals surface area contributed by atoms with Crippen LogP contribution in [0.5, 0.6) is 0 Å². The number of nitrogens with zero attached hydrogens (tertiary/aromatic N) is 1. The van der Waals surface area contributed by atoms with Crippen LogP contribution < -0.4 is 5.32 Å². The van der Waals surface area contributed by atoms with E-state index in [9.17, 15) is 9.59 Å². The highest BCUT2D eigenvalue weighted by atomic mass is 16.2. The summed E-state index contributed by atoms with van der Waals surface area (Å²) in [5.74, 6) is 0.670. The normalized spacial score (nSPS) is 26.4. The summed E-state index contributed by atoms with van der Waals surface area (Å²) in [6.45, 7) is 3.24. The van der Waals surface area contributed by atoms with Crippen molar-refractivity contribution < 1.29 is 9.59 Å². The van der Waals surface area contributed by atoms with Gasteiger partial charge in [-0.25, -0.2) is 4.79 Å². The van der Waals surface area contributed by atoms with Gasteiger partial charge in [-0.15, -0.1) is 0 Å². The molecule has 1 unspecified atom stereocenters. The van der Waals surface area contributed by atoms with E-state index < -0.39 is 0 Å². The summed E-state index contributed by atoms with van der Waals surface area (Å²) in [5, 5.41) is 2.41. The van der Waals surface area contributed by atoms with E-state index in [2.05, 4.69) is 5.32 Å². The Labute approximate surface area is 103 Å². The molecule has 2 fully saturated rings. The van der Waals surface area contributed by atoms with Gasteiger partial charge in [-0.1, -0.05) is 32.6 Å². The Kier molecular flexibility index (Phi) is 4.02. The van der Waals surface area contributed by atoms with Crippen LogP contribution in [0.25, 0.3) is 0 Å². The second kappa shape index (κ2) is 5.52. The lowest BCUT2D eigenvalue weighted by atomic mass is 10.0. The molecule has 0 spiro atoms. The van der Waals surface area contributed by atoms with Crippen molar-refractivity contribution in [3.05, 3.63) is 0 Å². The maximum Gasteiger partial charge on any atom is 0.324 e. The van der Waals surface area contributed by atoms with Gasteiger partial charge in [0.25, 0.3) is 0 Å². The first-order valence-electron chi connectivity index (χ1n) is 6.76. The Balaban J connectivity index is 1.71. The molecule has 1 N–H and O–H groups in total. The molecule has 17 heavy (non-hydrogen) atoms. The molecule has 2 aliphatic rings. The highest BCUT2D eigenvalue weighted by Crippen LogP contribution is 2.28. The van der Waals surface area contributed by atoms with Crippen LogP contribution in [-0.4, -0.2) is 29.9 Å². The van der Waals surface area contributed by atoms with E-state index in [4.69, 9.17) is 0 Å². The van der Waals surface area contributed by atoms with Crippen molar-refractivity contribution in [2.24, 2.45) is 11.8 Å². The molecular weight excluding hydrogens is 216 g/mol. The van der Waals surface area contributed by atoms with Crippen LogP contribution in [-0.2, 0) is 4.79 Å². The Morgan fingerprint density at radius 2 is 2.00 bits per heavy atom. The highest BCUT2D eigenvalue weighted by Gasteiger charge is 2.28. The number of carbonyl (C=O) groups excluding carboxylic acids is 2. The minimum absolute atomic E-state index is 0.0702. The maximum atomic E-state index is 11.6. The van der Waals surface area contributed by atoms with Gasteiger partial charge in [0.1, 0.15) is 0 Å². The van der Waals surface area contributed by atoms with Gasteiger partial charge in [-0.2, -0.15) is 0 Å². The predicted molar refractivity (Wildman–Crippen MR) is 65.5 cm³/mol. The lowest BCUT2D eigenvalue weighted by Gasteiger charge is -2.30. The van der Waals surface area contributed by atoms with Gasteiger partial charge in [0, 0.05) is 13.1 Å². The van der Waals surface area contributed by atoms with Gasteiger partial charge in [-0.05, 0) is 18.8 Å². The van der Waals surface area contributed by atoms with Crippen LogP contribution in [0.1, 0.15) is 45.4 Å². The number of rotatable bonds is 4. The zero-order chi connectivity index (χ0) is 12.3. The van der Waals surface area contributed by atoms with Crippen LogP contribution >= 0.6 is 0 Å². The molecule has 96 valence electrons. The van der Waals surface area contributed by atoms with Crippen molar-refractivity contribution in [1.82, 2.24) is 10.2 Å². The second-order valence-corrected chi connectivity index (χ2v) is 5.43. The first-order valence-corrected chi connectivity index (χ1v) is 6.76. The van der Waals surface area contributed by atoms with Crippen molar-refractivity contribution in [3.63, 3.8) is 0 Å². The number of carbonyl (C=O) groups is 2. The quantitative estimate of drug-likeness (QED) is 0.815. The first kappa shape index (κ1) is 12.4. The van der Waals surface area contributed by atoms with E-state index in [0.29, 0.717) is 6.54 Å². The smallest absolute Gasteiger partial charge is 0.324 e. The van der Waals surface area contributed by atoms with E-state index in [1.54, 1.807) is 4.90 Å². The van der Waals surface area contributed by atoms with Gasteiger partial charge < -0.3 is 4.90 Å². The molecule has 1 atom stereocenters. The van der Waals surface area contributed by atoms with Crippen molar-refractivity contribution in [1.29, 1.82) is 0 Å². The first-order chi connectivity index (χ1) is 8.16. The Hall–Kier alpha value is -1.06. The zero-order valence-electron chi connectivity index (χ0n) is 10.6. The highest BCUT2D eigenvalue weighted by molar-refractivity contribution is 5.97. The van der Waals surface area contributed by atoms with Crippen LogP contribution in [0.15, 0.2) is 0 Å². The molecule has 1 saturated heterocycles. The summed E-state index contributed by atoms with van der Waals surface area (Å²) in [4.78, 5) is 24.6. The van der Waals surface area contributed by atoms with Crippen molar-refractivity contribution in [2.75, 3.05) is 13.1 Å². The maximum absolute atomic E-state index is 11.6. The van der Waals surface area contributed by atoms with Crippen molar-refractivity contribution >= 4 is 11.9 Å². The van der Waals surface area contributed by atoms with E-state index in [1.165, 1.54) is 32.1 Å². The molecule has 1 aliphatic heterocycles. The molecule has 0 bridgehead atoms. The minimum atomic E-state index is -0.209. The van der Waals surface area contributed by atoms with Gasteiger partial charge in [0.15, 0.2) is 0 Å². The molecule has 1 heterocycles. The molecule has 4 nitrogen and oxygen atoms in total. The zero-order valence-corrected chi connectivity index (χ0v) is 10.6. The number of hydrogen-bond donors (Lipinski definition) is 1. The fraction of sp³-hybridized carbons (Fsp3) is 0.846. The molecule has 0 aromatic rings. The van der Waals surface area contributed by atoms with Crippen molar-refractivity contribution in [3.8, 4) is 0 Å². The third-order valence-electron chi connectivity index (χ3n) is 3.97. The van der Waals surface area contributed by atoms with E-state index >= 15 is 0 Å². The van der Waals surface area contributed by atoms with E-state index in [1.807, 2.05) is 6.92 Å². The fourth-order valence-corrected chi connectivity index (χ4v) is 2.87. The molecule has 0 radical (unpaired) electrons. The molecule has 1 saturated carbocycles. The molecule has 3 amide bonds. The SMILES string of the molecule is CC1CN(CCCC2CCCC2)C(=O)NC1=O. The fourth-order valence-electron chi connectivity index (χ4n) is 2.87. The predicted octanol–water partition coefficient (Wildman–Crippen LogP) is 2.14. The summed E-state index contributed by atoms with van der Waals surface area (Å²) >= 11 is 0. The topological polar surface area (TPSA) is 49.4 Å². The number of imide groups is 1. The summed E-state index contributed by atoms with van der Waals surface area (Å²) < 4.78 is 0. The molecule has 4 heteroatoms. The minimum Gasteiger partial charge on any atom is -0.324 e. The molecule has 1 aliphatic carbocycles. The van der Waals surface area contributed by atoms with Crippen LogP contribution in [0, 0.1) is 11.8 Å². The van der Waals surface area contributed by atoms with E-state index in [0.717, 1.165) is 18.9 Å². The van der Waals surface area contributed by atoms with Crippen LogP contribution in [0.2, 0.25) is 0 Å². The Bertz CT molecular complexity index is 298. The Morgan fingerprint density at radius 3 is 2.71 bits per heavy atom. The number of nitrogens with one attached hydrogen (secondary N) is 1.